The number of aryl methyl sites for hydroxylation is 1. The highest BCUT2D eigenvalue weighted by Gasteiger charge is 2.27. The van der Waals surface area contributed by atoms with Crippen molar-refractivity contribution in [3.8, 4) is 17.2 Å². The number of carbonyl (C=O) groups excluding carboxylic acids is 1. The summed E-state index contributed by atoms with van der Waals surface area (Å²) in [6.45, 7) is 9.88. The standard InChI is InChI=1S/C28H33N7O2/c1-19-5-7-21(8-6-19)23-17-33-25(34-26-18-30-22(14-29)16-32-26)13-24(23)31-15-20-9-11-35(12-10-20)27(36)37-28(2,3)4/h5-8,13,16-18,20H,9-12,15H2,1-4H3,(H2,31,32,33,34). The zero-order valence-electron chi connectivity index (χ0n) is 21.8. The molecule has 9 heteroatoms. The molecule has 1 aliphatic heterocycles. The average Bonchev–Trinajstić information content (AvgIpc) is 2.88. The summed E-state index contributed by atoms with van der Waals surface area (Å²) >= 11 is 0. The van der Waals surface area contributed by atoms with Crippen LogP contribution in [0.1, 0.15) is 44.9 Å². The molecule has 1 amide bonds. The summed E-state index contributed by atoms with van der Waals surface area (Å²) in [6, 6.07) is 12.3. The second kappa shape index (κ2) is 11.2. The van der Waals surface area contributed by atoms with Gasteiger partial charge in [-0.2, -0.15) is 5.26 Å². The van der Waals surface area contributed by atoms with E-state index in [1.54, 1.807) is 4.90 Å². The molecular formula is C28H33N7O2. The molecule has 9 nitrogen and oxygen atoms in total. The number of aromatic nitrogens is 3. The molecule has 3 heterocycles. The largest absolute Gasteiger partial charge is 0.444 e. The van der Waals surface area contributed by atoms with E-state index in [9.17, 15) is 4.79 Å². The Hall–Kier alpha value is -4.19. The van der Waals surface area contributed by atoms with Crippen LogP contribution in [-0.2, 0) is 4.74 Å². The van der Waals surface area contributed by atoms with E-state index in [1.807, 2.05) is 39.1 Å². The Labute approximate surface area is 217 Å². The summed E-state index contributed by atoms with van der Waals surface area (Å²) in [4.78, 5) is 27.1. The zero-order chi connectivity index (χ0) is 26.4. The molecule has 0 bridgehead atoms. The van der Waals surface area contributed by atoms with Gasteiger partial charge in [-0.15, -0.1) is 0 Å². The van der Waals surface area contributed by atoms with Crippen LogP contribution >= 0.6 is 0 Å². The molecule has 4 rings (SSSR count). The third kappa shape index (κ3) is 7.17. The number of likely N-dealkylation sites (tertiary alicyclic amines) is 1. The van der Waals surface area contributed by atoms with E-state index in [0.29, 0.717) is 30.6 Å². The molecule has 0 spiro atoms. The van der Waals surface area contributed by atoms with Crippen molar-refractivity contribution in [3.63, 3.8) is 0 Å². The van der Waals surface area contributed by atoms with Crippen LogP contribution in [-0.4, -0.2) is 51.2 Å². The number of carbonyl (C=O) groups is 1. The Kier molecular flexibility index (Phi) is 7.87. The van der Waals surface area contributed by atoms with Crippen molar-refractivity contribution in [1.29, 1.82) is 5.26 Å². The highest BCUT2D eigenvalue weighted by atomic mass is 16.6. The number of nitriles is 1. The van der Waals surface area contributed by atoms with Gasteiger partial charge < -0.3 is 20.3 Å². The molecule has 0 radical (unpaired) electrons. The smallest absolute Gasteiger partial charge is 0.410 e. The predicted molar refractivity (Wildman–Crippen MR) is 143 cm³/mol. The van der Waals surface area contributed by atoms with Gasteiger partial charge in [0.15, 0.2) is 5.69 Å². The lowest BCUT2D eigenvalue weighted by molar-refractivity contribution is 0.0188. The van der Waals surface area contributed by atoms with Crippen LogP contribution in [0.2, 0.25) is 0 Å². The fourth-order valence-electron chi connectivity index (χ4n) is 4.12. The first-order valence-corrected chi connectivity index (χ1v) is 12.5. The molecule has 0 saturated carbocycles. The molecule has 1 aromatic carbocycles. The second-order valence-electron chi connectivity index (χ2n) is 10.3. The average molecular weight is 500 g/mol. The highest BCUT2D eigenvalue weighted by Crippen LogP contribution is 2.31. The maximum absolute atomic E-state index is 12.4. The van der Waals surface area contributed by atoms with Crippen LogP contribution in [0.4, 0.5) is 22.1 Å². The number of anilines is 3. The van der Waals surface area contributed by atoms with Crippen molar-refractivity contribution in [3.05, 3.63) is 60.2 Å². The van der Waals surface area contributed by atoms with E-state index < -0.39 is 5.60 Å². The van der Waals surface area contributed by atoms with Crippen LogP contribution in [0.25, 0.3) is 11.1 Å². The minimum Gasteiger partial charge on any atom is -0.444 e. The third-order valence-corrected chi connectivity index (χ3v) is 6.14. The van der Waals surface area contributed by atoms with Crippen LogP contribution in [0.15, 0.2) is 48.9 Å². The number of piperidine rings is 1. The summed E-state index contributed by atoms with van der Waals surface area (Å²) in [6.07, 6.45) is 6.35. The first-order valence-electron chi connectivity index (χ1n) is 12.5. The van der Waals surface area contributed by atoms with E-state index in [1.165, 1.54) is 18.0 Å². The number of benzene rings is 1. The lowest BCUT2D eigenvalue weighted by Crippen LogP contribution is -2.42. The van der Waals surface area contributed by atoms with Crippen molar-refractivity contribution in [2.45, 2.75) is 46.1 Å². The molecule has 2 aromatic heterocycles. The van der Waals surface area contributed by atoms with Crippen molar-refractivity contribution < 1.29 is 9.53 Å². The first-order chi connectivity index (χ1) is 17.7. The quantitative estimate of drug-likeness (QED) is 0.455. The minimum absolute atomic E-state index is 0.240. The van der Waals surface area contributed by atoms with Gasteiger partial charge in [0.2, 0.25) is 0 Å². The van der Waals surface area contributed by atoms with Crippen LogP contribution in [0.3, 0.4) is 0 Å². The van der Waals surface area contributed by atoms with E-state index in [0.717, 1.165) is 36.2 Å². The second-order valence-corrected chi connectivity index (χ2v) is 10.3. The maximum Gasteiger partial charge on any atom is 0.410 e. The van der Waals surface area contributed by atoms with Crippen molar-refractivity contribution in [2.24, 2.45) is 5.92 Å². The summed E-state index contributed by atoms with van der Waals surface area (Å²) < 4.78 is 5.52. The van der Waals surface area contributed by atoms with Gasteiger partial charge in [-0.25, -0.2) is 19.7 Å². The molecule has 0 unspecified atom stereocenters. The van der Waals surface area contributed by atoms with Crippen LogP contribution in [0, 0.1) is 24.2 Å². The molecule has 1 saturated heterocycles. The fourth-order valence-corrected chi connectivity index (χ4v) is 4.12. The minimum atomic E-state index is -0.488. The Bertz CT molecular complexity index is 1250. The van der Waals surface area contributed by atoms with E-state index in [-0.39, 0.29) is 11.8 Å². The molecule has 1 aliphatic rings. The number of hydrogen-bond donors (Lipinski definition) is 2. The van der Waals surface area contributed by atoms with Crippen molar-refractivity contribution in [1.82, 2.24) is 19.9 Å². The highest BCUT2D eigenvalue weighted by molar-refractivity contribution is 5.79. The normalized spacial score (nSPS) is 14.1. The van der Waals surface area contributed by atoms with Gasteiger partial charge in [0.05, 0.1) is 12.4 Å². The molecule has 1 fully saturated rings. The van der Waals surface area contributed by atoms with Gasteiger partial charge >= 0.3 is 6.09 Å². The number of nitrogens with zero attached hydrogens (tertiary/aromatic N) is 5. The molecule has 0 atom stereocenters. The van der Waals surface area contributed by atoms with E-state index in [4.69, 9.17) is 10.00 Å². The number of amides is 1. The Balaban J connectivity index is 1.46. The predicted octanol–water partition coefficient (Wildman–Crippen LogP) is 5.52. The molecule has 37 heavy (non-hydrogen) atoms. The number of ether oxygens (including phenoxy) is 1. The molecule has 0 aliphatic carbocycles. The van der Waals surface area contributed by atoms with Gasteiger partial charge in [0, 0.05) is 43.1 Å². The van der Waals surface area contributed by atoms with Gasteiger partial charge in [-0.3, -0.25) is 0 Å². The SMILES string of the molecule is Cc1ccc(-c2cnc(Nc3cnc(C#N)cn3)cc2NCC2CCN(C(=O)OC(C)(C)C)CC2)cc1. The Morgan fingerprint density at radius 3 is 2.41 bits per heavy atom. The first kappa shape index (κ1) is 25.9. The monoisotopic (exact) mass is 499 g/mol. The summed E-state index contributed by atoms with van der Waals surface area (Å²) in [5, 5.41) is 15.7. The number of pyridine rings is 1. The Morgan fingerprint density at radius 2 is 1.78 bits per heavy atom. The number of rotatable bonds is 6. The van der Waals surface area contributed by atoms with Gasteiger partial charge in [-0.1, -0.05) is 29.8 Å². The third-order valence-electron chi connectivity index (χ3n) is 6.14. The molecular weight excluding hydrogens is 466 g/mol. The van der Waals surface area contributed by atoms with Crippen molar-refractivity contribution in [2.75, 3.05) is 30.3 Å². The number of hydrogen-bond acceptors (Lipinski definition) is 8. The van der Waals surface area contributed by atoms with Crippen LogP contribution < -0.4 is 10.6 Å². The van der Waals surface area contributed by atoms with Crippen LogP contribution in [0.5, 0.6) is 0 Å². The summed E-state index contributed by atoms with van der Waals surface area (Å²) in [5.74, 6) is 1.56. The molecule has 2 N–H and O–H groups in total. The summed E-state index contributed by atoms with van der Waals surface area (Å²) in [5.41, 5.74) is 4.00. The fraction of sp³-hybridized carbons (Fsp3) is 0.393. The maximum atomic E-state index is 12.4. The number of nitrogens with one attached hydrogen (secondary N) is 2. The molecule has 192 valence electrons. The van der Waals surface area contributed by atoms with Gasteiger partial charge in [-0.05, 0) is 52.0 Å². The van der Waals surface area contributed by atoms with E-state index in [2.05, 4.69) is 56.8 Å². The Morgan fingerprint density at radius 1 is 1.08 bits per heavy atom. The molecule has 3 aromatic rings. The van der Waals surface area contributed by atoms with Crippen molar-refractivity contribution >= 4 is 23.4 Å². The zero-order valence-corrected chi connectivity index (χ0v) is 21.8. The van der Waals surface area contributed by atoms with Gasteiger partial charge in [0.25, 0.3) is 0 Å². The lowest BCUT2D eigenvalue weighted by Gasteiger charge is -2.33. The van der Waals surface area contributed by atoms with Gasteiger partial charge in [0.1, 0.15) is 23.3 Å². The summed E-state index contributed by atoms with van der Waals surface area (Å²) in [7, 11) is 0. The topological polar surface area (TPSA) is 116 Å². The van der Waals surface area contributed by atoms with E-state index >= 15 is 0 Å². The lowest BCUT2D eigenvalue weighted by atomic mass is 9.96.